The fourth-order valence-corrected chi connectivity index (χ4v) is 3.23. The number of amides is 3. The van der Waals surface area contributed by atoms with E-state index in [0.717, 1.165) is 11.1 Å². The van der Waals surface area contributed by atoms with Crippen LogP contribution in [0.3, 0.4) is 0 Å². The normalized spacial score (nSPS) is 10.2. The average Bonchev–Trinajstić information content (AvgIpc) is 2.85. The average molecular weight is 484 g/mol. The van der Waals surface area contributed by atoms with Gasteiger partial charge in [0.25, 0.3) is 17.7 Å². The van der Waals surface area contributed by atoms with E-state index in [0.29, 0.717) is 5.75 Å². The Morgan fingerprint density at radius 2 is 1.59 bits per heavy atom. The zero-order valence-corrected chi connectivity index (χ0v) is 18.9. The number of carbonyl (C=O) groups excluding carboxylic acids is 3. The summed E-state index contributed by atoms with van der Waals surface area (Å²) in [5, 5.41) is 0.0259. The molecule has 0 saturated carbocycles. The summed E-state index contributed by atoms with van der Waals surface area (Å²) in [6.45, 7) is -0.737. The van der Waals surface area contributed by atoms with E-state index in [9.17, 15) is 14.4 Å². The molecule has 0 fully saturated rings. The third kappa shape index (κ3) is 6.39. The number of hydrazine groups is 1. The lowest BCUT2D eigenvalue weighted by molar-refractivity contribution is -0.124. The number of halogens is 1. The first-order valence-electron chi connectivity index (χ1n) is 10.0. The fourth-order valence-electron chi connectivity index (χ4n) is 2.96. The summed E-state index contributed by atoms with van der Waals surface area (Å²) in [4.78, 5) is 35.6. The molecule has 0 unspecified atom stereocenters. The molecule has 0 bridgehead atoms. The van der Waals surface area contributed by atoms with Crippen molar-refractivity contribution in [2.75, 3.05) is 20.3 Å². The van der Waals surface area contributed by atoms with Gasteiger partial charge in [-0.05, 0) is 23.8 Å². The highest BCUT2D eigenvalue weighted by atomic mass is 35.5. The van der Waals surface area contributed by atoms with E-state index in [4.69, 9.17) is 31.5 Å². The highest BCUT2D eigenvalue weighted by Gasteiger charge is 2.17. The second-order valence-corrected chi connectivity index (χ2v) is 7.30. The Kier molecular flexibility index (Phi) is 8.31. The summed E-state index contributed by atoms with van der Waals surface area (Å²) in [6, 6.07) is 19.6. The van der Waals surface area contributed by atoms with E-state index in [-0.39, 0.29) is 28.7 Å². The number of hydrogen-bond acceptors (Lipinski definition) is 6. The minimum atomic E-state index is -0.698. The summed E-state index contributed by atoms with van der Waals surface area (Å²) >= 11 is 6.14. The van der Waals surface area contributed by atoms with Crippen LogP contribution in [0.25, 0.3) is 11.1 Å². The first kappa shape index (κ1) is 24.4. The maximum atomic E-state index is 12.5. The van der Waals surface area contributed by atoms with Crippen LogP contribution in [0.15, 0.2) is 66.7 Å². The maximum absolute atomic E-state index is 12.5. The molecule has 3 aromatic rings. The molecule has 176 valence electrons. The first-order valence-corrected chi connectivity index (χ1v) is 10.4. The van der Waals surface area contributed by atoms with Gasteiger partial charge in [0, 0.05) is 11.1 Å². The van der Waals surface area contributed by atoms with Crippen LogP contribution in [-0.2, 0) is 9.59 Å². The van der Waals surface area contributed by atoms with Gasteiger partial charge in [0.1, 0.15) is 5.75 Å². The predicted molar refractivity (Wildman–Crippen MR) is 126 cm³/mol. The monoisotopic (exact) mass is 483 g/mol. The van der Waals surface area contributed by atoms with E-state index in [2.05, 4.69) is 10.9 Å². The lowest BCUT2D eigenvalue weighted by Crippen LogP contribution is -2.43. The quantitative estimate of drug-likeness (QED) is 0.401. The van der Waals surface area contributed by atoms with Crippen molar-refractivity contribution in [1.29, 1.82) is 0 Å². The van der Waals surface area contributed by atoms with Gasteiger partial charge in [-0.2, -0.15) is 0 Å². The summed E-state index contributed by atoms with van der Waals surface area (Å²) in [6.07, 6.45) is 0. The van der Waals surface area contributed by atoms with E-state index in [1.807, 2.05) is 42.5 Å². The number of para-hydroxylation sites is 1. The zero-order valence-electron chi connectivity index (χ0n) is 18.2. The molecular formula is C24H22ClN3O6. The van der Waals surface area contributed by atoms with Gasteiger partial charge in [0.15, 0.2) is 24.7 Å². The molecule has 0 saturated heterocycles. The van der Waals surface area contributed by atoms with Gasteiger partial charge in [-0.3, -0.25) is 25.2 Å². The summed E-state index contributed by atoms with van der Waals surface area (Å²) < 4.78 is 16.0. The molecule has 4 N–H and O–H groups in total. The molecule has 0 aromatic heterocycles. The number of primary amides is 1. The van der Waals surface area contributed by atoms with Crippen molar-refractivity contribution in [3.63, 3.8) is 0 Å². The van der Waals surface area contributed by atoms with Gasteiger partial charge >= 0.3 is 0 Å². The highest BCUT2D eigenvalue weighted by Crippen LogP contribution is 2.36. The molecule has 3 amide bonds. The fraction of sp³-hybridized carbons (Fsp3) is 0.125. The standard InChI is InChI=1S/C24H22ClN3O6/c1-32-20-12-16(11-18(25)23(20)34-13-21(26)29)24(31)28-27-22(30)14-33-19-10-6-5-9-17(19)15-7-3-2-4-8-15/h2-12H,13-14H2,1H3,(H2,26,29)(H,27,30)(H,28,31). The van der Waals surface area contributed by atoms with E-state index >= 15 is 0 Å². The van der Waals surface area contributed by atoms with Crippen molar-refractivity contribution in [3.8, 4) is 28.4 Å². The Labute approximate surface area is 200 Å². The molecule has 0 aliphatic carbocycles. The van der Waals surface area contributed by atoms with Crippen LogP contribution in [-0.4, -0.2) is 38.0 Å². The van der Waals surface area contributed by atoms with Crippen molar-refractivity contribution >= 4 is 29.3 Å². The first-order chi connectivity index (χ1) is 16.4. The van der Waals surface area contributed by atoms with Gasteiger partial charge in [0.05, 0.1) is 12.1 Å². The minimum absolute atomic E-state index is 0.0259. The Morgan fingerprint density at radius 3 is 2.29 bits per heavy atom. The molecule has 0 radical (unpaired) electrons. The second kappa shape index (κ2) is 11.6. The number of nitrogens with two attached hydrogens (primary N) is 1. The summed E-state index contributed by atoms with van der Waals surface area (Å²) in [7, 11) is 1.34. The Balaban J connectivity index is 1.59. The number of hydrogen-bond donors (Lipinski definition) is 3. The molecule has 0 heterocycles. The van der Waals surface area contributed by atoms with Gasteiger partial charge in [-0.1, -0.05) is 60.1 Å². The molecule has 0 aliphatic heterocycles. The largest absolute Gasteiger partial charge is 0.493 e. The number of rotatable bonds is 9. The lowest BCUT2D eigenvalue weighted by Gasteiger charge is -2.14. The topological polar surface area (TPSA) is 129 Å². The minimum Gasteiger partial charge on any atom is -0.493 e. The van der Waals surface area contributed by atoms with Crippen LogP contribution in [0.1, 0.15) is 10.4 Å². The smallest absolute Gasteiger partial charge is 0.276 e. The molecule has 9 nitrogen and oxygen atoms in total. The number of methoxy groups -OCH3 is 1. The van der Waals surface area contributed by atoms with Crippen LogP contribution in [0.5, 0.6) is 17.2 Å². The van der Waals surface area contributed by atoms with Gasteiger partial charge in [-0.15, -0.1) is 0 Å². The predicted octanol–water partition coefficient (Wildman–Crippen LogP) is 2.72. The number of nitrogens with one attached hydrogen (secondary N) is 2. The molecule has 34 heavy (non-hydrogen) atoms. The molecule has 3 aromatic carbocycles. The number of carbonyl (C=O) groups is 3. The third-order valence-electron chi connectivity index (χ3n) is 4.50. The lowest BCUT2D eigenvalue weighted by atomic mass is 10.1. The van der Waals surface area contributed by atoms with Gasteiger partial charge < -0.3 is 19.9 Å². The molecule has 10 heteroatoms. The summed E-state index contributed by atoms with van der Waals surface area (Å²) in [5.41, 5.74) is 11.5. The Bertz CT molecular complexity index is 1190. The van der Waals surface area contributed by atoms with Crippen LogP contribution < -0.4 is 30.8 Å². The Morgan fingerprint density at radius 1 is 0.882 bits per heavy atom. The number of benzene rings is 3. The van der Waals surface area contributed by atoms with Crippen LogP contribution in [0.2, 0.25) is 5.02 Å². The molecule has 3 rings (SSSR count). The van der Waals surface area contributed by atoms with E-state index in [1.165, 1.54) is 19.2 Å². The molecule has 0 atom stereocenters. The highest BCUT2D eigenvalue weighted by molar-refractivity contribution is 6.32. The second-order valence-electron chi connectivity index (χ2n) is 6.90. The van der Waals surface area contributed by atoms with Crippen LogP contribution >= 0.6 is 11.6 Å². The van der Waals surface area contributed by atoms with Crippen LogP contribution in [0, 0.1) is 0 Å². The van der Waals surface area contributed by atoms with Crippen LogP contribution in [0.4, 0.5) is 0 Å². The van der Waals surface area contributed by atoms with E-state index < -0.39 is 24.3 Å². The van der Waals surface area contributed by atoms with Crippen molar-refractivity contribution in [1.82, 2.24) is 10.9 Å². The molecular weight excluding hydrogens is 462 g/mol. The van der Waals surface area contributed by atoms with Gasteiger partial charge in [-0.25, -0.2) is 0 Å². The third-order valence-corrected chi connectivity index (χ3v) is 4.78. The molecule has 0 aliphatic rings. The maximum Gasteiger partial charge on any atom is 0.276 e. The van der Waals surface area contributed by atoms with Crippen molar-refractivity contribution in [2.45, 2.75) is 0 Å². The SMILES string of the molecule is COc1cc(C(=O)NNC(=O)COc2ccccc2-c2ccccc2)cc(Cl)c1OCC(N)=O. The van der Waals surface area contributed by atoms with Crippen molar-refractivity contribution in [2.24, 2.45) is 5.73 Å². The van der Waals surface area contributed by atoms with Crippen molar-refractivity contribution < 1.29 is 28.6 Å². The Hall–Kier alpha value is -4.24. The summed E-state index contributed by atoms with van der Waals surface area (Å²) in [5.74, 6) is -1.22. The van der Waals surface area contributed by atoms with Crippen molar-refractivity contribution in [3.05, 3.63) is 77.3 Å². The zero-order chi connectivity index (χ0) is 24.5. The van der Waals surface area contributed by atoms with Gasteiger partial charge in [0.2, 0.25) is 0 Å². The molecule has 0 spiro atoms. The van der Waals surface area contributed by atoms with E-state index in [1.54, 1.807) is 12.1 Å². The number of ether oxygens (including phenoxy) is 3.